The summed E-state index contributed by atoms with van der Waals surface area (Å²) in [6.45, 7) is 14.0. The highest BCUT2D eigenvalue weighted by Gasteiger charge is 2.23. The molecule has 0 unspecified atom stereocenters. The Balaban J connectivity index is 3.28. The molecule has 1 rings (SSSR count). The molecule has 22 heavy (non-hydrogen) atoms. The van der Waals surface area contributed by atoms with Crippen LogP contribution in [0, 0.1) is 0 Å². The molecule has 0 spiro atoms. The summed E-state index contributed by atoms with van der Waals surface area (Å²) in [5, 5.41) is 0. The van der Waals surface area contributed by atoms with E-state index in [9.17, 15) is 4.79 Å². The van der Waals surface area contributed by atoms with Gasteiger partial charge in [0.25, 0.3) is 0 Å². The van der Waals surface area contributed by atoms with E-state index in [0.29, 0.717) is 5.88 Å². The maximum atomic E-state index is 12.3. The first-order valence-corrected chi connectivity index (χ1v) is 7.84. The highest BCUT2D eigenvalue weighted by molar-refractivity contribution is 5.74. The van der Waals surface area contributed by atoms with Crippen LogP contribution in [0.15, 0.2) is 6.07 Å². The zero-order valence-corrected chi connectivity index (χ0v) is 15.1. The summed E-state index contributed by atoms with van der Waals surface area (Å²) in [5.74, 6) is 0.875. The number of pyridine rings is 1. The Morgan fingerprint density at radius 3 is 2.18 bits per heavy atom. The predicted octanol–water partition coefficient (Wildman–Crippen LogP) is 4.22. The van der Waals surface area contributed by atoms with E-state index in [1.54, 1.807) is 7.11 Å². The van der Waals surface area contributed by atoms with Crippen LogP contribution in [-0.2, 0) is 16.0 Å². The van der Waals surface area contributed by atoms with Crippen LogP contribution in [0.4, 0.5) is 0 Å². The number of aromatic nitrogens is 1. The lowest BCUT2D eigenvalue weighted by atomic mass is 9.91. The molecule has 0 amide bonds. The van der Waals surface area contributed by atoms with Gasteiger partial charge in [-0.2, -0.15) is 0 Å². The first kappa shape index (κ1) is 18.5. The molecule has 4 nitrogen and oxygen atoms in total. The monoisotopic (exact) mass is 307 g/mol. The smallest absolute Gasteiger partial charge is 0.310 e. The molecule has 0 saturated carbocycles. The molecule has 0 radical (unpaired) electrons. The van der Waals surface area contributed by atoms with Gasteiger partial charge in [0.15, 0.2) is 0 Å². The lowest BCUT2D eigenvalue weighted by Gasteiger charge is -2.23. The van der Waals surface area contributed by atoms with Gasteiger partial charge in [-0.05, 0) is 43.7 Å². The maximum absolute atomic E-state index is 12.3. The highest BCUT2D eigenvalue weighted by atomic mass is 16.6. The third-order valence-corrected chi connectivity index (χ3v) is 3.29. The molecular formula is C18H29NO3. The summed E-state index contributed by atoms with van der Waals surface area (Å²) in [6.07, 6.45) is 0.245. The number of nitrogens with zero attached hydrogens (tertiary/aromatic N) is 1. The minimum atomic E-state index is -0.479. The maximum Gasteiger partial charge on any atom is 0.310 e. The minimum absolute atomic E-state index is 0.213. The van der Waals surface area contributed by atoms with Crippen molar-refractivity contribution in [3.63, 3.8) is 0 Å². The molecule has 0 aromatic carbocycles. The Morgan fingerprint density at radius 1 is 1.18 bits per heavy atom. The number of methoxy groups -OCH3 is 1. The largest absolute Gasteiger partial charge is 0.481 e. The third-order valence-electron chi connectivity index (χ3n) is 3.29. The van der Waals surface area contributed by atoms with Crippen LogP contribution in [0.1, 0.15) is 77.1 Å². The molecule has 124 valence electrons. The number of carbonyl (C=O) groups excluding carboxylic acids is 1. The molecule has 0 N–H and O–H groups in total. The molecule has 0 aliphatic heterocycles. The molecule has 0 saturated heterocycles. The second-order valence-corrected chi connectivity index (χ2v) is 7.19. The van der Waals surface area contributed by atoms with Crippen molar-refractivity contribution in [3.05, 3.63) is 22.9 Å². The van der Waals surface area contributed by atoms with Gasteiger partial charge in [0.2, 0.25) is 5.88 Å². The van der Waals surface area contributed by atoms with Crippen molar-refractivity contribution in [2.75, 3.05) is 7.11 Å². The fourth-order valence-electron chi connectivity index (χ4n) is 2.40. The summed E-state index contributed by atoms with van der Waals surface area (Å²) < 4.78 is 10.8. The van der Waals surface area contributed by atoms with E-state index >= 15 is 0 Å². The van der Waals surface area contributed by atoms with Gasteiger partial charge in [0.05, 0.1) is 19.2 Å². The van der Waals surface area contributed by atoms with Crippen LogP contribution < -0.4 is 4.74 Å². The number of esters is 1. The van der Waals surface area contributed by atoms with Crippen LogP contribution in [0.5, 0.6) is 5.88 Å². The SMILES string of the molecule is COc1cc(C(C)C)c(CC(=O)OC(C)(C)C)c(C(C)C)n1. The molecule has 0 fully saturated rings. The van der Waals surface area contributed by atoms with Crippen LogP contribution in [0.3, 0.4) is 0 Å². The number of ether oxygens (including phenoxy) is 2. The Hall–Kier alpha value is -1.58. The normalized spacial score (nSPS) is 11.9. The lowest BCUT2D eigenvalue weighted by Crippen LogP contribution is -2.26. The van der Waals surface area contributed by atoms with E-state index < -0.39 is 5.60 Å². The first-order valence-electron chi connectivity index (χ1n) is 7.84. The minimum Gasteiger partial charge on any atom is -0.481 e. The zero-order chi connectivity index (χ0) is 17.1. The van der Waals surface area contributed by atoms with Gasteiger partial charge in [0, 0.05) is 6.07 Å². The van der Waals surface area contributed by atoms with Gasteiger partial charge in [-0.1, -0.05) is 27.7 Å². The highest BCUT2D eigenvalue weighted by Crippen LogP contribution is 2.30. The topological polar surface area (TPSA) is 48.4 Å². The molecule has 1 heterocycles. The van der Waals surface area contributed by atoms with Crippen LogP contribution in [-0.4, -0.2) is 23.7 Å². The second-order valence-electron chi connectivity index (χ2n) is 7.19. The molecule has 0 bridgehead atoms. The Labute approximate surface area is 134 Å². The van der Waals surface area contributed by atoms with Crippen molar-refractivity contribution < 1.29 is 14.3 Å². The van der Waals surface area contributed by atoms with Crippen molar-refractivity contribution in [3.8, 4) is 5.88 Å². The van der Waals surface area contributed by atoms with Gasteiger partial charge in [-0.15, -0.1) is 0 Å². The van der Waals surface area contributed by atoms with Gasteiger partial charge >= 0.3 is 5.97 Å². The fourth-order valence-corrected chi connectivity index (χ4v) is 2.40. The quantitative estimate of drug-likeness (QED) is 0.764. The van der Waals surface area contributed by atoms with Crippen LogP contribution in [0.2, 0.25) is 0 Å². The van der Waals surface area contributed by atoms with Gasteiger partial charge in [0.1, 0.15) is 5.60 Å². The van der Waals surface area contributed by atoms with Crippen LogP contribution >= 0.6 is 0 Å². The second kappa shape index (κ2) is 7.12. The number of rotatable bonds is 5. The lowest BCUT2D eigenvalue weighted by molar-refractivity contribution is -0.153. The third kappa shape index (κ3) is 5.00. The van der Waals surface area contributed by atoms with Crippen molar-refractivity contribution in [1.82, 2.24) is 4.98 Å². The molecule has 1 aromatic rings. The van der Waals surface area contributed by atoms with E-state index in [0.717, 1.165) is 16.8 Å². The summed E-state index contributed by atoms with van der Waals surface area (Å²) >= 11 is 0. The first-order chi connectivity index (χ1) is 10.0. The fraction of sp³-hybridized carbons (Fsp3) is 0.667. The molecule has 0 aliphatic rings. The Kier molecular flexibility index (Phi) is 5.98. The van der Waals surface area contributed by atoms with Crippen molar-refractivity contribution >= 4 is 5.97 Å². The summed E-state index contributed by atoms with van der Waals surface area (Å²) in [5.41, 5.74) is 2.50. The molecular weight excluding hydrogens is 278 g/mol. The molecule has 4 heteroatoms. The molecule has 0 aliphatic carbocycles. The zero-order valence-electron chi connectivity index (χ0n) is 15.1. The standard InChI is InChI=1S/C18H29NO3/c1-11(2)13-9-15(21-8)19-17(12(3)4)14(13)10-16(20)22-18(5,6)7/h9,11-12H,10H2,1-8H3. The Bertz CT molecular complexity index is 499. The summed E-state index contributed by atoms with van der Waals surface area (Å²) in [7, 11) is 1.62. The number of hydrogen-bond donors (Lipinski definition) is 0. The van der Waals surface area contributed by atoms with E-state index in [2.05, 4.69) is 32.7 Å². The van der Waals surface area contributed by atoms with Gasteiger partial charge in [-0.25, -0.2) is 4.98 Å². The van der Waals surface area contributed by atoms with E-state index in [1.807, 2.05) is 26.8 Å². The molecule has 1 aromatic heterocycles. The Morgan fingerprint density at radius 2 is 1.77 bits per heavy atom. The van der Waals surface area contributed by atoms with Gasteiger partial charge < -0.3 is 9.47 Å². The average molecular weight is 307 g/mol. The predicted molar refractivity (Wildman–Crippen MR) is 88.5 cm³/mol. The summed E-state index contributed by atoms with van der Waals surface area (Å²) in [4.78, 5) is 16.8. The van der Waals surface area contributed by atoms with Crippen molar-refractivity contribution in [1.29, 1.82) is 0 Å². The number of carbonyl (C=O) groups is 1. The van der Waals surface area contributed by atoms with E-state index in [-0.39, 0.29) is 24.2 Å². The molecule has 0 atom stereocenters. The van der Waals surface area contributed by atoms with E-state index in [4.69, 9.17) is 9.47 Å². The van der Waals surface area contributed by atoms with Crippen LogP contribution in [0.25, 0.3) is 0 Å². The average Bonchev–Trinajstić information content (AvgIpc) is 2.35. The number of hydrogen-bond acceptors (Lipinski definition) is 4. The van der Waals surface area contributed by atoms with Gasteiger partial charge in [-0.3, -0.25) is 4.79 Å². The van der Waals surface area contributed by atoms with Crippen molar-refractivity contribution in [2.45, 2.75) is 72.3 Å². The van der Waals surface area contributed by atoms with Crippen molar-refractivity contribution in [2.24, 2.45) is 0 Å². The summed E-state index contributed by atoms with van der Waals surface area (Å²) in [6, 6.07) is 1.93. The van der Waals surface area contributed by atoms with E-state index in [1.165, 1.54) is 0 Å².